The molecule has 0 bridgehead atoms. The van der Waals surface area contributed by atoms with E-state index in [1.165, 1.54) is 81.2 Å². The zero-order valence-electron chi connectivity index (χ0n) is 23.6. The van der Waals surface area contributed by atoms with Crippen molar-refractivity contribution >= 4 is 10.0 Å². The summed E-state index contributed by atoms with van der Waals surface area (Å²) in [5, 5.41) is 0. The van der Waals surface area contributed by atoms with Gasteiger partial charge >= 0.3 is 0 Å². The zero-order chi connectivity index (χ0) is 26.9. The molecule has 1 aromatic heterocycles. The standard InChI is InChI=1S/C30H49N2O4S/c1-5-6-7-8-9-10-11-12-13-14-15-16-23-36-29-18-17-28(24-30(29)35-3)26-32(37(4,33)34)25-27-19-21-31(2)22-20-27/h17-22,24H,5-16,23,25-26H2,1-4H3/q+1. The smallest absolute Gasteiger partial charge is 0.211 e. The second-order valence-corrected chi connectivity index (χ2v) is 12.1. The summed E-state index contributed by atoms with van der Waals surface area (Å²) in [5.41, 5.74) is 1.80. The van der Waals surface area contributed by atoms with Gasteiger partial charge in [0.25, 0.3) is 0 Å². The first-order valence-corrected chi connectivity index (χ1v) is 15.9. The average molecular weight is 534 g/mol. The lowest BCUT2D eigenvalue weighted by Gasteiger charge is -2.21. The van der Waals surface area contributed by atoms with E-state index in [-0.39, 0.29) is 6.54 Å². The van der Waals surface area contributed by atoms with Gasteiger partial charge in [0.05, 0.1) is 20.0 Å². The average Bonchev–Trinajstić information content (AvgIpc) is 2.87. The molecule has 0 aliphatic rings. The first-order valence-electron chi connectivity index (χ1n) is 14.0. The Morgan fingerprint density at radius 1 is 0.757 bits per heavy atom. The highest BCUT2D eigenvalue weighted by Crippen LogP contribution is 2.29. The maximum absolute atomic E-state index is 12.4. The van der Waals surface area contributed by atoms with E-state index in [1.807, 2.05) is 54.3 Å². The topological polar surface area (TPSA) is 59.7 Å². The minimum Gasteiger partial charge on any atom is -0.493 e. The fourth-order valence-corrected chi connectivity index (χ4v) is 5.16. The molecule has 37 heavy (non-hydrogen) atoms. The fourth-order valence-electron chi connectivity index (χ4n) is 4.39. The maximum atomic E-state index is 12.4. The summed E-state index contributed by atoms with van der Waals surface area (Å²) >= 11 is 0. The Morgan fingerprint density at radius 3 is 1.84 bits per heavy atom. The van der Waals surface area contributed by atoms with Crippen LogP contribution in [-0.2, 0) is 30.2 Å². The van der Waals surface area contributed by atoms with E-state index in [0.717, 1.165) is 17.5 Å². The highest BCUT2D eigenvalue weighted by molar-refractivity contribution is 7.88. The number of aromatic nitrogens is 1. The highest BCUT2D eigenvalue weighted by Gasteiger charge is 2.19. The van der Waals surface area contributed by atoms with Crippen LogP contribution in [0.3, 0.4) is 0 Å². The second-order valence-electron chi connectivity index (χ2n) is 10.1. The molecular weight excluding hydrogens is 484 g/mol. The lowest BCUT2D eigenvalue weighted by molar-refractivity contribution is -0.671. The van der Waals surface area contributed by atoms with Gasteiger partial charge in [-0.1, -0.05) is 83.6 Å². The van der Waals surface area contributed by atoms with Crippen LogP contribution >= 0.6 is 0 Å². The van der Waals surface area contributed by atoms with Crippen LogP contribution in [-0.4, -0.2) is 32.7 Å². The van der Waals surface area contributed by atoms with E-state index in [4.69, 9.17) is 9.47 Å². The third kappa shape index (κ3) is 12.8. The van der Waals surface area contributed by atoms with Crippen molar-refractivity contribution in [1.29, 1.82) is 0 Å². The van der Waals surface area contributed by atoms with Gasteiger partial charge in [-0.15, -0.1) is 0 Å². The van der Waals surface area contributed by atoms with Crippen LogP contribution in [0.4, 0.5) is 0 Å². The van der Waals surface area contributed by atoms with E-state index in [2.05, 4.69) is 6.92 Å². The number of pyridine rings is 1. The van der Waals surface area contributed by atoms with E-state index < -0.39 is 10.0 Å². The molecule has 0 saturated carbocycles. The third-order valence-electron chi connectivity index (χ3n) is 6.72. The van der Waals surface area contributed by atoms with Gasteiger partial charge in [0.15, 0.2) is 23.9 Å². The van der Waals surface area contributed by atoms with Crippen molar-refractivity contribution in [2.45, 2.75) is 97.1 Å². The summed E-state index contributed by atoms with van der Waals surface area (Å²) in [6, 6.07) is 9.55. The van der Waals surface area contributed by atoms with Crippen molar-refractivity contribution in [2.75, 3.05) is 20.0 Å². The first-order chi connectivity index (χ1) is 17.8. The number of hydrogen-bond acceptors (Lipinski definition) is 4. The van der Waals surface area contributed by atoms with Gasteiger partial charge in [0.1, 0.15) is 7.05 Å². The Bertz CT molecular complexity index is 993. The summed E-state index contributed by atoms with van der Waals surface area (Å²) < 4.78 is 39.8. The second kappa shape index (κ2) is 17.4. The maximum Gasteiger partial charge on any atom is 0.211 e. The molecule has 1 aromatic carbocycles. The molecular formula is C30H49N2O4S+. The van der Waals surface area contributed by atoms with Crippen molar-refractivity contribution in [3.05, 3.63) is 53.9 Å². The molecule has 6 nitrogen and oxygen atoms in total. The molecule has 0 aliphatic heterocycles. The van der Waals surface area contributed by atoms with E-state index in [1.54, 1.807) is 7.11 Å². The monoisotopic (exact) mass is 533 g/mol. The minimum atomic E-state index is -3.38. The van der Waals surface area contributed by atoms with Crippen LogP contribution in [0.25, 0.3) is 0 Å². The number of unbranched alkanes of at least 4 members (excludes halogenated alkanes) is 11. The number of aryl methyl sites for hydroxylation is 1. The van der Waals surface area contributed by atoms with E-state index in [0.29, 0.717) is 24.7 Å². The Balaban J connectivity index is 1.74. The Morgan fingerprint density at radius 2 is 1.30 bits per heavy atom. The normalized spacial score (nSPS) is 11.7. The first kappa shape index (κ1) is 31.1. The van der Waals surface area contributed by atoms with Crippen molar-refractivity contribution in [1.82, 2.24) is 4.31 Å². The number of rotatable bonds is 20. The summed E-state index contributed by atoms with van der Waals surface area (Å²) in [4.78, 5) is 0. The number of hydrogen-bond donors (Lipinski definition) is 0. The molecule has 2 aromatic rings. The van der Waals surface area contributed by atoms with Crippen LogP contribution in [0, 0.1) is 0 Å². The molecule has 0 saturated heterocycles. The lowest BCUT2D eigenvalue weighted by Crippen LogP contribution is -2.30. The predicted octanol–water partition coefficient (Wildman–Crippen LogP) is 6.56. The van der Waals surface area contributed by atoms with Crippen molar-refractivity contribution < 1.29 is 22.5 Å². The number of sulfonamides is 1. The van der Waals surface area contributed by atoms with Crippen LogP contribution in [0.5, 0.6) is 11.5 Å². The number of benzene rings is 1. The predicted molar refractivity (Wildman–Crippen MR) is 151 cm³/mol. The number of methoxy groups -OCH3 is 1. The molecule has 0 aliphatic carbocycles. The minimum absolute atomic E-state index is 0.273. The molecule has 0 unspecified atom stereocenters. The Kier molecular flexibility index (Phi) is 14.6. The van der Waals surface area contributed by atoms with Gasteiger partial charge in [0.2, 0.25) is 10.0 Å². The van der Waals surface area contributed by atoms with Gasteiger partial charge in [-0.05, 0) is 29.7 Å². The molecule has 2 rings (SSSR count). The lowest BCUT2D eigenvalue weighted by atomic mass is 10.1. The molecule has 0 spiro atoms. The van der Waals surface area contributed by atoms with Crippen molar-refractivity contribution in [3.8, 4) is 11.5 Å². The SMILES string of the molecule is CCCCCCCCCCCCCCOc1ccc(CN(Cc2cc[n+](C)cc2)S(C)(=O)=O)cc1OC. The number of ether oxygens (including phenoxy) is 2. The third-order valence-corrected chi connectivity index (χ3v) is 7.91. The van der Waals surface area contributed by atoms with E-state index >= 15 is 0 Å². The molecule has 0 fully saturated rings. The highest BCUT2D eigenvalue weighted by atomic mass is 32.2. The van der Waals surface area contributed by atoms with Crippen molar-refractivity contribution in [2.24, 2.45) is 7.05 Å². The van der Waals surface area contributed by atoms with Gasteiger partial charge in [0, 0.05) is 25.2 Å². The van der Waals surface area contributed by atoms with Crippen LogP contribution in [0.2, 0.25) is 0 Å². The van der Waals surface area contributed by atoms with Gasteiger partial charge in [-0.2, -0.15) is 4.31 Å². The molecule has 0 atom stereocenters. The Hall–Kier alpha value is -2.12. The molecule has 0 radical (unpaired) electrons. The fraction of sp³-hybridized carbons (Fsp3) is 0.633. The Labute approximate surface area is 226 Å². The van der Waals surface area contributed by atoms with Crippen molar-refractivity contribution in [3.63, 3.8) is 0 Å². The van der Waals surface area contributed by atoms with Crippen LogP contribution in [0.15, 0.2) is 42.7 Å². The quantitative estimate of drug-likeness (QED) is 0.143. The van der Waals surface area contributed by atoms with Gasteiger partial charge < -0.3 is 9.47 Å². The molecule has 0 N–H and O–H groups in total. The van der Waals surface area contributed by atoms with E-state index in [9.17, 15) is 8.42 Å². The van der Waals surface area contributed by atoms with Gasteiger partial charge in [-0.3, -0.25) is 0 Å². The zero-order valence-corrected chi connectivity index (χ0v) is 24.4. The number of nitrogens with zero attached hydrogens (tertiary/aromatic N) is 2. The van der Waals surface area contributed by atoms with Crippen LogP contribution < -0.4 is 14.0 Å². The summed E-state index contributed by atoms with van der Waals surface area (Å²) in [5.74, 6) is 1.34. The largest absolute Gasteiger partial charge is 0.493 e. The summed E-state index contributed by atoms with van der Waals surface area (Å²) in [6.07, 6.45) is 20.9. The summed E-state index contributed by atoms with van der Waals surface area (Å²) in [7, 11) is 0.173. The molecule has 7 heteroatoms. The molecule has 208 valence electrons. The molecule has 1 heterocycles. The van der Waals surface area contributed by atoms with Crippen LogP contribution in [0.1, 0.15) is 95.1 Å². The molecule has 0 amide bonds. The summed E-state index contributed by atoms with van der Waals surface area (Å²) in [6.45, 7) is 3.52. The van der Waals surface area contributed by atoms with Gasteiger partial charge in [-0.25, -0.2) is 13.0 Å².